The molecule has 2 aromatic carbocycles. The zero-order chi connectivity index (χ0) is 15.2. The van der Waals surface area contributed by atoms with E-state index in [1.54, 1.807) is 12.1 Å². The monoisotopic (exact) mass is 325 g/mol. The van der Waals surface area contributed by atoms with Crippen molar-refractivity contribution in [3.8, 4) is 5.75 Å². The molecular formula is C16H17Cl2NO2. The molecule has 1 unspecified atom stereocenters. The van der Waals surface area contributed by atoms with E-state index in [0.29, 0.717) is 22.3 Å². The third kappa shape index (κ3) is 4.35. The van der Waals surface area contributed by atoms with Crippen LogP contribution in [0.3, 0.4) is 0 Å². The Morgan fingerprint density at radius 1 is 1.19 bits per heavy atom. The molecule has 0 heterocycles. The second kappa shape index (κ2) is 7.66. The number of aliphatic hydroxyl groups excluding tert-OH is 1. The van der Waals surface area contributed by atoms with Gasteiger partial charge in [0.2, 0.25) is 0 Å². The lowest BCUT2D eigenvalue weighted by atomic mass is 10.1. The summed E-state index contributed by atoms with van der Waals surface area (Å²) in [5.41, 5.74) is 1.66. The molecule has 0 aromatic heterocycles. The standard InChI is InChI=1S/C16H17Cl2NO2/c1-19-9-12-7-13(17)8-14(18)16(12)21-10-15(20)11-5-3-2-4-6-11/h2-8,15,19-20H,9-10H2,1H3. The molecular weight excluding hydrogens is 309 g/mol. The van der Waals surface area contributed by atoms with Gasteiger partial charge in [-0.25, -0.2) is 0 Å². The summed E-state index contributed by atoms with van der Waals surface area (Å²) in [6.07, 6.45) is -0.708. The van der Waals surface area contributed by atoms with Gasteiger partial charge in [-0.2, -0.15) is 0 Å². The lowest BCUT2D eigenvalue weighted by molar-refractivity contribution is 0.107. The molecule has 0 aliphatic rings. The molecule has 3 nitrogen and oxygen atoms in total. The van der Waals surface area contributed by atoms with Crippen molar-refractivity contribution in [1.29, 1.82) is 0 Å². The van der Waals surface area contributed by atoms with Crippen molar-refractivity contribution < 1.29 is 9.84 Å². The van der Waals surface area contributed by atoms with E-state index < -0.39 is 6.10 Å². The summed E-state index contributed by atoms with van der Waals surface area (Å²) in [6, 6.07) is 12.8. The number of hydrogen-bond acceptors (Lipinski definition) is 3. The van der Waals surface area contributed by atoms with E-state index in [0.717, 1.165) is 11.1 Å². The Hall–Kier alpha value is -1.26. The van der Waals surface area contributed by atoms with Gasteiger partial charge >= 0.3 is 0 Å². The van der Waals surface area contributed by atoms with Gasteiger partial charge in [-0.05, 0) is 24.7 Å². The van der Waals surface area contributed by atoms with Crippen molar-refractivity contribution in [3.63, 3.8) is 0 Å². The summed E-state index contributed by atoms with van der Waals surface area (Å²) in [7, 11) is 1.83. The average Bonchev–Trinajstić information content (AvgIpc) is 2.47. The Kier molecular flexibility index (Phi) is 5.88. The zero-order valence-corrected chi connectivity index (χ0v) is 13.2. The maximum Gasteiger partial charge on any atom is 0.142 e. The van der Waals surface area contributed by atoms with E-state index in [1.165, 1.54) is 0 Å². The fraction of sp³-hybridized carbons (Fsp3) is 0.250. The van der Waals surface area contributed by atoms with Gasteiger partial charge < -0.3 is 15.2 Å². The third-order valence-corrected chi connectivity index (χ3v) is 3.52. The highest BCUT2D eigenvalue weighted by atomic mass is 35.5. The Morgan fingerprint density at radius 3 is 2.57 bits per heavy atom. The fourth-order valence-corrected chi connectivity index (χ4v) is 2.62. The molecule has 0 spiro atoms. The van der Waals surface area contributed by atoms with Gasteiger partial charge in [0.15, 0.2) is 0 Å². The van der Waals surface area contributed by atoms with Crippen molar-refractivity contribution in [2.45, 2.75) is 12.6 Å². The normalized spacial score (nSPS) is 12.2. The number of ether oxygens (including phenoxy) is 1. The van der Waals surface area contributed by atoms with Crippen LogP contribution in [0.2, 0.25) is 10.0 Å². The summed E-state index contributed by atoms with van der Waals surface area (Å²) in [5, 5.41) is 14.2. The Balaban J connectivity index is 2.12. The molecule has 0 amide bonds. The maximum absolute atomic E-state index is 10.1. The molecule has 112 valence electrons. The largest absolute Gasteiger partial charge is 0.489 e. The summed E-state index contributed by atoms with van der Waals surface area (Å²) < 4.78 is 5.71. The number of aliphatic hydroxyl groups is 1. The number of benzene rings is 2. The second-order valence-electron chi connectivity index (χ2n) is 4.64. The molecule has 2 aromatic rings. The SMILES string of the molecule is CNCc1cc(Cl)cc(Cl)c1OCC(O)c1ccccc1. The smallest absolute Gasteiger partial charge is 0.142 e. The third-order valence-electron chi connectivity index (χ3n) is 3.02. The highest BCUT2D eigenvalue weighted by Crippen LogP contribution is 2.33. The van der Waals surface area contributed by atoms with Crippen LogP contribution in [0.1, 0.15) is 17.2 Å². The van der Waals surface area contributed by atoms with Crippen LogP contribution in [0.25, 0.3) is 0 Å². The van der Waals surface area contributed by atoms with Gasteiger partial charge in [0.1, 0.15) is 18.5 Å². The summed E-state index contributed by atoms with van der Waals surface area (Å²) in [6.45, 7) is 0.707. The number of hydrogen-bond donors (Lipinski definition) is 2. The van der Waals surface area contributed by atoms with Crippen LogP contribution < -0.4 is 10.1 Å². The first-order chi connectivity index (χ1) is 10.1. The van der Waals surface area contributed by atoms with E-state index in [2.05, 4.69) is 5.32 Å². The van der Waals surface area contributed by atoms with Crippen molar-refractivity contribution in [2.24, 2.45) is 0 Å². The predicted octanol–water partition coefficient (Wildman–Crippen LogP) is 3.83. The molecule has 5 heteroatoms. The first kappa shape index (κ1) is 16.1. The van der Waals surface area contributed by atoms with Crippen LogP contribution in [-0.4, -0.2) is 18.8 Å². The van der Waals surface area contributed by atoms with Crippen LogP contribution in [0.4, 0.5) is 0 Å². The number of rotatable bonds is 6. The topological polar surface area (TPSA) is 41.5 Å². The van der Waals surface area contributed by atoms with Crippen LogP contribution in [0.15, 0.2) is 42.5 Å². The van der Waals surface area contributed by atoms with E-state index in [9.17, 15) is 5.11 Å². The van der Waals surface area contributed by atoms with E-state index >= 15 is 0 Å². The fourth-order valence-electron chi connectivity index (χ4n) is 2.03. The average molecular weight is 326 g/mol. The second-order valence-corrected chi connectivity index (χ2v) is 5.49. The first-order valence-corrected chi connectivity index (χ1v) is 7.35. The van der Waals surface area contributed by atoms with Gasteiger partial charge in [-0.3, -0.25) is 0 Å². The molecule has 0 saturated heterocycles. The highest BCUT2D eigenvalue weighted by Gasteiger charge is 2.13. The van der Waals surface area contributed by atoms with Gasteiger partial charge in [0.25, 0.3) is 0 Å². The minimum atomic E-state index is -0.708. The molecule has 1 atom stereocenters. The van der Waals surface area contributed by atoms with E-state index in [1.807, 2.05) is 37.4 Å². The molecule has 0 fully saturated rings. The molecule has 2 rings (SSSR count). The molecule has 0 bridgehead atoms. The first-order valence-electron chi connectivity index (χ1n) is 6.60. The van der Waals surface area contributed by atoms with Gasteiger partial charge in [0.05, 0.1) is 5.02 Å². The minimum absolute atomic E-state index is 0.127. The summed E-state index contributed by atoms with van der Waals surface area (Å²) in [5.74, 6) is 0.547. The Morgan fingerprint density at radius 2 is 1.90 bits per heavy atom. The van der Waals surface area contributed by atoms with Crippen molar-refractivity contribution in [1.82, 2.24) is 5.32 Å². The van der Waals surface area contributed by atoms with Crippen molar-refractivity contribution in [2.75, 3.05) is 13.7 Å². The van der Waals surface area contributed by atoms with E-state index in [-0.39, 0.29) is 6.61 Å². The van der Waals surface area contributed by atoms with Gasteiger partial charge in [-0.15, -0.1) is 0 Å². The molecule has 0 saturated carbocycles. The maximum atomic E-state index is 10.1. The molecule has 0 aliphatic carbocycles. The van der Waals surface area contributed by atoms with E-state index in [4.69, 9.17) is 27.9 Å². The molecule has 21 heavy (non-hydrogen) atoms. The molecule has 0 radical (unpaired) electrons. The highest BCUT2D eigenvalue weighted by molar-refractivity contribution is 6.35. The van der Waals surface area contributed by atoms with Crippen LogP contribution in [0, 0.1) is 0 Å². The predicted molar refractivity (Wildman–Crippen MR) is 86.1 cm³/mol. The molecule has 0 aliphatic heterocycles. The lowest BCUT2D eigenvalue weighted by Gasteiger charge is -2.17. The van der Waals surface area contributed by atoms with Crippen LogP contribution in [0.5, 0.6) is 5.75 Å². The Labute approximate surface area is 134 Å². The van der Waals surface area contributed by atoms with Crippen molar-refractivity contribution in [3.05, 3.63) is 63.6 Å². The lowest BCUT2D eigenvalue weighted by Crippen LogP contribution is -2.13. The van der Waals surface area contributed by atoms with Gasteiger partial charge in [-0.1, -0.05) is 53.5 Å². The minimum Gasteiger partial charge on any atom is -0.489 e. The molecule has 2 N–H and O–H groups in total. The van der Waals surface area contributed by atoms with Crippen molar-refractivity contribution >= 4 is 23.2 Å². The number of halogens is 2. The zero-order valence-electron chi connectivity index (χ0n) is 11.6. The van der Waals surface area contributed by atoms with Gasteiger partial charge in [0, 0.05) is 17.1 Å². The quantitative estimate of drug-likeness (QED) is 0.848. The summed E-state index contributed by atoms with van der Waals surface area (Å²) in [4.78, 5) is 0. The summed E-state index contributed by atoms with van der Waals surface area (Å²) >= 11 is 12.2. The Bertz CT molecular complexity index is 590. The van der Waals surface area contributed by atoms with Crippen LogP contribution in [-0.2, 0) is 6.54 Å². The van der Waals surface area contributed by atoms with Crippen LogP contribution >= 0.6 is 23.2 Å². The number of nitrogens with one attached hydrogen (secondary N) is 1.